The fourth-order valence-corrected chi connectivity index (χ4v) is 3.44. The summed E-state index contributed by atoms with van der Waals surface area (Å²) < 4.78 is 30.8. The zero-order chi connectivity index (χ0) is 17.1. The van der Waals surface area contributed by atoms with Gasteiger partial charge in [-0.1, -0.05) is 6.07 Å². The number of ether oxygens (including phenoxy) is 1. The number of sulfonamides is 1. The summed E-state index contributed by atoms with van der Waals surface area (Å²) in [6.45, 7) is 1.23. The van der Waals surface area contributed by atoms with Crippen LogP contribution in [0.3, 0.4) is 0 Å². The molecule has 8 heteroatoms. The van der Waals surface area contributed by atoms with Gasteiger partial charge in [-0.25, -0.2) is 12.7 Å². The number of benzene rings is 1. The van der Waals surface area contributed by atoms with E-state index in [1.165, 1.54) is 26.2 Å². The van der Waals surface area contributed by atoms with Crippen LogP contribution in [0.4, 0.5) is 5.69 Å². The zero-order valence-electron chi connectivity index (χ0n) is 13.4. The van der Waals surface area contributed by atoms with Crippen LogP contribution in [0, 0.1) is 5.41 Å². The molecule has 1 aromatic rings. The number of carbonyl (C=O) groups is 1. The van der Waals surface area contributed by atoms with Crippen LogP contribution in [0.15, 0.2) is 29.2 Å². The van der Waals surface area contributed by atoms with E-state index >= 15 is 0 Å². The van der Waals surface area contributed by atoms with E-state index in [9.17, 15) is 13.2 Å². The Morgan fingerprint density at radius 2 is 2.00 bits per heavy atom. The zero-order valence-corrected chi connectivity index (χ0v) is 14.2. The monoisotopic (exact) mass is 341 g/mol. The van der Waals surface area contributed by atoms with Gasteiger partial charge in [0.25, 0.3) is 0 Å². The van der Waals surface area contributed by atoms with Gasteiger partial charge in [0.15, 0.2) is 0 Å². The van der Waals surface area contributed by atoms with Crippen molar-refractivity contribution < 1.29 is 17.9 Å². The predicted molar refractivity (Wildman–Crippen MR) is 87.5 cm³/mol. The third kappa shape index (κ3) is 3.72. The van der Waals surface area contributed by atoms with Crippen molar-refractivity contribution in [1.29, 1.82) is 0 Å². The van der Waals surface area contributed by atoms with Crippen molar-refractivity contribution in [3.63, 3.8) is 0 Å². The molecule has 1 fully saturated rings. The summed E-state index contributed by atoms with van der Waals surface area (Å²) in [5.41, 5.74) is 5.60. The number of hydrogen-bond donors (Lipinski definition) is 2. The third-order valence-corrected chi connectivity index (χ3v) is 6.00. The first-order valence-corrected chi connectivity index (χ1v) is 8.88. The Morgan fingerprint density at radius 1 is 1.35 bits per heavy atom. The summed E-state index contributed by atoms with van der Waals surface area (Å²) >= 11 is 0. The normalized spacial score (nSPS) is 17.9. The molecule has 0 aromatic heterocycles. The largest absolute Gasteiger partial charge is 0.381 e. The highest BCUT2D eigenvalue weighted by Crippen LogP contribution is 2.31. The standard InChI is InChI=1S/C15H23N3O4S/c1-18(2)23(20,21)13-5-3-4-12(10-13)17-14(19)15(11-16)6-8-22-9-7-15/h3-5,10H,6-9,11,16H2,1-2H3,(H,17,19). The fourth-order valence-electron chi connectivity index (χ4n) is 2.49. The quantitative estimate of drug-likeness (QED) is 0.818. The summed E-state index contributed by atoms with van der Waals surface area (Å²) in [4.78, 5) is 12.7. The molecular weight excluding hydrogens is 318 g/mol. The van der Waals surface area contributed by atoms with Crippen LogP contribution in [0.1, 0.15) is 12.8 Å². The van der Waals surface area contributed by atoms with Gasteiger partial charge in [0.1, 0.15) is 0 Å². The Bertz CT molecular complexity index is 667. The van der Waals surface area contributed by atoms with Gasteiger partial charge < -0.3 is 15.8 Å². The molecule has 3 N–H and O–H groups in total. The number of nitrogens with zero attached hydrogens (tertiary/aromatic N) is 1. The lowest BCUT2D eigenvalue weighted by molar-refractivity contribution is -0.130. The second kappa shape index (κ2) is 6.96. The molecule has 0 unspecified atom stereocenters. The Balaban J connectivity index is 2.22. The SMILES string of the molecule is CN(C)S(=O)(=O)c1cccc(NC(=O)C2(CN)CCOCC2)c1. The number of nitrogens with two attached hydrogens (primary N) is 1. The number of rotatable bonds is 5. The van der Waals surface area contributed by atoms with Gasteiger partial charge in [-0.3, -0.25) is 4.79 Å². The molecule has 2 rings (SSSR count). The first-order chi connectivity index (χ1) is 10.8. The smallest absolute Gasteiger partial charge is 0.242 e. The lowest BCUT2D eigenvalue weighted by Gasteiger charge is -2.34. The molecule has 0 aliphatic carbocycles. The van der Waals surface area contributed by atoms with Crippen LogP contribution >= 0.6 is 0 Å². The topological polar surface area (TPSA) is 102 Å². The first-order valence-electron chi connectivity index (χ1n) is 7.44. The molecule has 7 nitrogen and oxygen atoms in total. The number of carbonyl (C=O) groups excluding carboxylic acids is 1. The molecule has 0 saturated carbocycles. The summed E-state index contributed by atoms with van der Waals surface area (Å²) in [5.74, 6) is -0.192. The Labute approximate surface area is 136 Å². The molecule has 1 amide bonds. The molecule has 0 spiro atoms. The van der Waals surface area contributed by atoms with Crippen LogP contribution in [0.2, 0.25) is 0 Å². The van der Waals surface area contributed by atoms with E-state index in [2.05, 4.69) is 5.32 Å². The molecule has 128 valence electrons. The molecule has 1 saturated heterocycles. The fraction of sp³-hybridized carbons (Fsp3) is 0.533. The molecule has 0 radical (unpaired) electrons. The summed E-state index contributed by atoms with van der Waals surface area (Å²) in [6.07, 6.45) is 1.12. The van der Waals surface area contributed by atoms with Crippen molar-refractivity contribution in [1.82, 2.24) is 4.31 Å². The van der Waals surface area contributed by atoms with Crippen molar-refractivity contribution >= 4 is 21.6 Å². The maximum atomic E-state index is 12.6. The van der Waals surface area contributed by atoms with Gasteiger partial charge in [0.2, 0.25) is 15.9 Å². The summed E-state index contributed by atoms with van der Waals surface area (Å²) in [5, 5.41) is 2.80. The lowest BCUT2D eigenvalue weighted by Crippen LogP contribution is -2.46. The number of nitrogens with one attached hydrogen (secondary N) is 1. The molecule has 1 aliphatic rings. The van der Waals surface area contributed by atoms with Crippen LogP contribution < -0.4 is 11.1 Å². The molecule has 1 aliphatic heterocycles. The minimum absolute atomic E-state index is 0.133. The van der Waals surface area contributed by atoms with E-state index in [4.69, 9.17) is 10.5 Å². The molecule has 0 bridgehead atoms. The number of hydrogen-bond acceptors (Lipinski definition) is 5. The van der Waals surface area contributed by atoms with Crippen molar-refractivity contribution in [2.75, 3.05) is 39.2 Å². The molecule has 1 aromatic carbocycles. The van der Waals surface area contributed by atoms with Crippen molar-refractivity contribution in [3.05, 3.63) is 24.3 Å². The van der Waals surface area contributed by atoms with E-state index in [1.54, 1.807) is 12.1 Å². The van der Waals surface area contributed by atoms with Crippen molar-refractivity contribution in [3.8, 4) is 0 Å². The highest BCUT2D eigenvalue weighted by molar-refractivity contribution is 7.89. The van der Waals surface area contributed by atoms with Crippen molar-refractivity contribution in [2.45, 2.75) is 17.7 Å². The van der Waals surface area contributed by atoms with E-state index in [1.807, 2.05) is 0 Å². The van der Waals surface area contributed by atoms with Crippen molar-refractivity contribution in [2.24, 2.45) is 11.1 Å². The second-order valence-electron chi connectivity index (χ2n) is 5.87. The van der Waals surface area contributed by atoms with Crippen LogP contribution in [-0.4, -0.2) is 52.5 Å². The van der Waals surface area contributed by atoms with Gasteiger partial charge in [-0.2, -0.15) is 0 Å². The molecule has 1 heterocycles. The lowest BCUT2D eigenvalue weighted by atomic mass is 9.79. The summed E-state index contributed by atoms with van der Waals surface area (Å²) in [6, 6.07) is 6.22. The average molecular weight is 341 g/mol. The number of amides is 1. The summed E-state index contributed by atoms with van der Waals surface area (Å²) in [7, 11) is -0.615. The highest BCUT2D eigenvalue weighted by atomic mass is 32.2. The maximum absolute atomic E-state index is 12.6. The first kappa shape index (κ1) is 17.9. The van der Waals surface area contributed by atoms with E-state index < -0.39 is 15.4 Å². The van der Waals surface area contributed by atoms with Gasteiger partial charge in [0, 0.05) is 39.5 Å². The second-order valence-corrected chi connectivity index (χ2v) is 8.02. The van der Waals surface area contributed by atoms with Gasteiger partial charge in [-0.05, 0) is 31.0 Å². The maximum Gasteiger partial charge on any atom is 0.242 e. The Hall–Kier alpha value is -1.48. The number of anilines is 1. The van der Waals surface area contributed by atoms with E-state index in [-0.39, 0.29) is 17.3 Å². The third-order valence-electron chi connectivity index (χ3n) is 4.19. The van der Waals surface area contributed by atoms with E-state index in [0.717, 1.165) is 4.31 Å². The molecule has 0 atom stereocenters. The molecule has 23 heavy (non-hydrogen) atoms. The average Bonchev–Trinajstić information content (AvgIpc) is 2.55. The van der Waals surface area contributed by atoms with Crippen LogP contribution in [-0.2, 0) is 19.6 Å². The van der Waals surface area contributed by atoms with Crippen LogP contribution in [0.5, 0.6) is 0 Å². The van der Waals surface area contributed by atoms with E-state index in [0.29, 0.717) is 31.7 Å². The Kier molecular flexibility index (Phi) is 5.41. The molecular formula is C15H23N3O4S. The highest BCUT2D eigenvalue weighted by Gasteiger charge is 2.38. The van der Waals surface area contributed by atoms with Gasteiger partial charge in [-0.15, -0.1) is 0 Å². The predicted octanol–water partition coefficient (Wildman–Crippen LogP) is 0.631. The van der Waals surface area contributed by atoms with Gasteiger partial charge >= 0.3 is 0 Å². The van der Waals surface area contributed by atoms with Gasteiger partial charge in [0.05, 0.1) is 10.3 Å². The minimum atomic E-state index is -3.54. The minimum Gasteiger partial charge on any atom is -0.381 e. The van der Waals surface area contributed by atoms with Crippen LogP contribution in [0.25, 0.3) is 0 Å². The Morgan fingerprint density at radius 3 is 2.57 bits per heavy atom.